The molecule has 1 aliphatic heterocycles. The number of nitrogens with zero attached hydrogens (tertiary/aromatic N) is 4. The zero-order valence-corrected chi connectivity index (χ0v) is 17.9. The van der Waals surface area contributed by atoms with Gasteiger partial charge in [0, 0.05) is 19.6 Å². The van der Waals surface area contributed by atoms with Crippen molar-refractivity contribution < 1.29 is 22.6 Å². The number of benzene rings is 1. The second kappa shape index (κ2) is 9.15. The molecule has 2 aromatic rings. The van der Waals surface area contributed by atoms with Crippen LogP contribution in [0.3, 0.4) is 0 Å². The predicted octanol–water partition coefficient (Wildman–Crippen LogP) is 2.11. The molecule has 10 nitrogen and oxygen atoms in total. The van der Waals surface area contributed by atoms with Gasteiger partial charge in [0.05, 0.1) is 16.4 Å². The zero-order chi connectivity index (χ0) is 21.0. The molecule has 1 saturated heterocycles. The molecule has 0 unspecified atom stereocenters. The first kappa shape index (κ1) is 21.6. The van der Waals surface area contributed by atoms with Crippen LogP contribution in [0.25, 0.3) is 0 Å². The van der Waals surface area contributed by atoms with Crippen LogP contribution >= 0.6 is 15.9 Å². The molecule has 3 rings (SSSR count). The van der Waals surface area contributed by atoms with Crippen LogP contribution in [0, 0.1) is 11.7 Å². The van der Waals surface area contributed by atoms with Crippen LogP contribution in [0.1, 0.15) is 18.5 Å². The van der Waals surface area contributed by atoms with Crippen molar-refractivity contribution in [1.82, 2.24) is 20.1 Å². The van der Waals surface area contributed by atoms with Gasteiger partial charge in [0.1, 0.15) is 5.82 Å². The number of nitrogens with one attached hydrogen (secondary N) is 2. The first-order valence-electron chi connectivity index (χ1n) is 8.73. The van der Waals surface area contributed by atoms with Crippen LogP contribution in [-0.2, 0) is 10.0 Å². The lowest BCUT2D eigenvalue weighted by molar-refractivity contribution is 0.234. The van der Waals surface area contributed by atoms with Crippen molar-refractivity contribution in [1.29, 1.82) is 0 Å². The molecule has 0 amide bonds. The molecule has 1 fully saturated rings. The summed E-state index contributed by atoms with van der Waals surface area (Å²) < 4.78 is 43.3. The van der Waals surface area contributed by atoms with Gasteiger partial charge in [-0.15, -0.1) is 0 Å². The average Bonchev–Trinajstić information content (AvgIpc) is 3.15. The fourth-order valence-electron chi connectivity index (χ4n) is 3.01. The van der Waals surface area contributed by atoms with Crippen LogP contribution < -0.4 is 10.8 Å². The lowest BCUT2D eigenvalue weighted by Crippen LogP contribution is -2.41. The summed E-state index contributed by atoms with van der Waals surface area (Å²) in [5, 5.41) is 20.1. The molecule has 3 N–H and O–H groups in total. The molecule has 1 aromatic heterocycles. The molecule has 13 heteroatoms. The maximum atomic E-state index is 13.4. The van der Waals surface area contributed by atoms with Gasteiger partial charge in [0.2, 0.25) is 15.8 Å². The number of sulfonamides is 1. The van der Waals surface area contributed by atoms with Crippen LogP contribution in [-0.4, -0.2) is 60.0 Å². The third-order valence-corrected chi connectivity index (χ3v) is 6.35. The molecular formula is C16H20BrFN6O4S. The highest BCUT2D eigenvalue weighted by molar-refractivity contribution is 9.10. The van der Waals surface area contributed by atoms with Crippen molar-refractivity contribution in [2.24, 2.45) is 10.9 Å². The van der Waals surface area contributed by atoms with Crippen molar-refractivity contribution in [3.05, 3.63) is 34.2 Å². The fraction of sp³-hybridized carbons (Fsp3) is 0.438. The summed E-state index contributed by atoms with van der Waals surface area (Å²) >= 11 is 3.08. The van der Waals surface area contributed by atoms with E-state index in [0.717, 1.165) is 12.8 Å². The summed E-state index contributed by atoms with van der Waals surface area (Å²) in [5.74, 6) is -0.168. The Hall–Kier alpha value is -2.09. The molecular weight excluding hydrogens is 471 g/mol. The number of halogens is 2. The number of hydroxylamine groups is 1. The van der Waals surface area contributed by atoms with Crippen molar-refractivity contribution in [3.8, 4) is 0 Å². The molecule has 1 atom stereocenters. The second-order valence-electron chi connectivity index (χ2n) is 6.64. The van der Waals surface area contributed by atoms with Gasteiger partial charge >= 0.3 is 0 Å². The molecule has 158 valence electrons. The quantitative estimate of drug-likeness (QED) is 0.318. The van der Waals surface area contributed by atoms with Crippen LogP contribution in [0.2, 0.25) is 0 Å². The molecule has 0 spiro atoms. The SMILES string of the molecule is CS(=O)(=O)N1CCC[C@@H](CNc2nonc2C(=Nc2ccc(F)c(Br)c2)NO)C1. The third kappa shape index (κ3) is 5.50. The van der Waals surface area contributed by atoms with Gasteiger partial charge in [-0.2, -0.15) is 0 Å². The minimum atomic E-state index is -3.23. The summed E-state index contributed by atoms with van der Waals surface area (Å²) in [5.41, 5.74) is 2.43. The standard InChI is InChI=1S/C16H20BrFN6O4S/c1-29(26,27)24-6-2-3-10(9-24)8-19-15-14(22-28-23-15)16(21-25)20-11-4-5-13(18)12(17)7-11/h4-5,7,10,25H,2-3,6,8-9H2,1H3,(H,19,23)(H,20,21)/t10-/m0/s1. The van der Waals surface area contributed by atoms with E-state index >= 15 is 0 Å². The van der Waals surface area contributed by atoms with E-state index in [4.69, 9.17) is 4.63 Å². The Morgan fingerprint density at radius 1 is 1.48 bits per heavy atom. The predicted molar refractivity (Wildman–Crippen MR) is 107 cm³/mol. The topological polar surface area (TPSA) is 133 Å². The summed E-state index contributed by atoms with van der Waals surface area (Å²) in [4.78, 5) is 4.19. The van der Waals surface area contributed by atoms with Crippen molar-refractivity contribution in [3.63, 3.8) is 0 Å². The minimum Gasteiger partial charge on any atom is -0.365 e. The lowest BCUT2D eigenvalue weighted by Gasteiger charge is -2.30. The van der Waals surface area contributed by atoms with E-state index in [2.05, 4.69) is 36.6 Å². The van der Waals surface area contributed by atoms with E-state index in [1.54, 1.807) is 0 Å². The Balaban J connectivity index is 1.72. The number of aliphatic imine (C=N–C) groups is 1. The average molecular weight is 491 g/mol. The van der Waals surface area contributed by atoms with E-state index in [1.807, 2.05) is 5.48 Å². The normalized spacial score (nSPS) is 18.6. The van der Waals surface area contributed by atoms with Gasteiger partial charge < -0.3 is 5.32 Å². The monoisotopic (exact) mass is 490 g/mol. The van der Waals surface area contributed by atoms with Crippen molar-refractivity contribution in [2.75, 3.05) is 31.2 Å². The summed E-state index contributed by atoms with van der Waals surface area (Å²) in [6, 6.07) is 4.10. The van der Waals surface area contributed by atoms with E-state index < -0.39 is 15.8 Å². The summed E-state index contributed by atoms with van der Waals surface area (Å²) in [6.45, 7) is 1.37. The summed E-state index contributed by atoms with van der Waals surface area (Å²) in [6.07, 6.45) is 2.84. The Morgan fingerprint density at radius 3 is 2.97 bits per heavy atom. The number of amidine groups is 1. The Bertz CT molecular complexity index is 999. The smallest absolute Gasteiger partial charge is 0.211 e. The zero-order valence-electron chi connectivity index (χ0n) is 15.5. The maximum Gasteiger partial charge on any atom is 0.211 e. The third-order valence-electron chi connectivity index (χ3n) is 4.47. The maximum absolute atomic E-state index is 13.4. The summed E-state index contributed by atoms with van der Waals surface area (Å²) in [7, 11) is -3.23. The molecule has 0 bridgehead atoms. The molecule has 29 heavy (non-hydrogen) atoms. The van der Waals surface area contributed by atoms with Gasteiger partial charge in [-0.05, 0) is 63.2 Å². The number of piperidine rings is 1. The van der Waals surface area contributed by atoms with Gasteiger partial charge in [-0.1, -0.05) is 0 Å². The Morgan fingerprint density at radius 2 is 2.28 bits per heavy atom. The Labute approximate surface area is 175 Å². The highest BCUT2D eigenvalue weighted by Gasteiger charge is 2.26. The number of hydrogen-bond acceptors (Lipinski definition) is 8. The lowest BCUT2D eigenvalue weighted by atomic mass is 10.00. The Kier molecular flexibility index (Phi) is 6.82. The second-order valence-corrected chi connectivity index (χ2v) is 9.48. The van der Waals surface area contributed by atoms with Gasteiger partial charge in [0.25, 0.3) is 0 Å². The number of anilines is 1. The first-order chi connectivity index (χ1) is 13.8. The highest BCUT2D eigenvalue weighted by Crippen LogP contribution is 2.24. The van der Waals surface area contributed by atoms with E-state index in [-0.39, 0.29) is 27.7 Å². The molecule has 1 aliphatic rings. The largest absolute Gasteiger partial charge is 0.365 e. The van der Waals surface area contributed by atoms with Gasteiger partial charge in [-0.3, -0.25) is 10.7 Å². The van der Waals surface area contributed by atoms with Crippen LogP contribution in [0.5, 0.6) is 0 Å². The van der Waals surface area contributed by atoms with E-state index in [9.17, 15) is 18.0 Å². The molecule has 2 heterocycles. The first-order valence-corrected chi connectivity index (χ1v) is 11.4. The molecule has 0 saturated carbocycles. The fourth-order valence-corrected chi connectivity index (χ4v) is 4.32. The van der Waals surface area contributed by atoms with Gasteiger partial charge in [0.15, 0.2) is 11.5 Å². The number of rotatable bonds is 6. The van der Waals surface area contributed by atoms with Gasteiger partial charge in [-0.25, -0.2) is 26.7 Å². The number of aromatic nitrogens is 2. The van der Waals surface area contributed by atoms with E-state index in [0.29, 0.717) is 25.3 Å². The van der Waals surface area contributed by atoms with Crippen LogP contribution in [0.15, 0.2) is 32.3 Å². The molecule has 0 radical (unpaired) electrons. The molecule has 1 aromatic carbocycles. The van der Waals surface area contributed by atoms with Crippen molar-refractivity contribution in [2.45, 2.75) is 12.8 Å². The van der Waals surface area contributed by atoms with E-state index in [1.165, 1.54) is 28.8 Å². The minimum absolute atomic E-state index is 0.0475. The van der Waals surface area contributed by atoms with Crippen LogP contribution in [0.4, 0.5) is 15.9 Å². The molecule has 0 aliphatic carbocycles. The highest BCUT2D eigenvalue weighted by atomic mass is 79.9. The number of hydrogen-bond donors (Lipinski definition) is 3. The van der Waals surface area contributed by atoms with Crippen molar-refractivity contribution >= 4 is 43.3 Å².